The van der Waals surface area contributed by atoms with Crippen molar-refractivity contribution in [3.05, 3.63) is 24.2 Å². The Hall–Kier alpha value is -1.58. The van der Waals surface area contributed by atoms with E-state index in [4.69, 9.17) is 4.42 Å². The molecule has 0 aliphatic carbocycles. The molecule has 2 atom stereocenters. The van der Waals surface area contributed by atoms with Gasteiger partial charge in [-0.05, 0) is 18.1 Å². The summed E-state index contributed by atoms with van der Waals surface area (Å²) in [5, 5.41) is 2.32. The Morgan fingerprint density at radius 2 is 2.40 bits per heavy atom. The van der Waals surface area contributed by atoms with Crippen molar-refractivity contribution in [1.82, 2.24) is 5.32 Å². The molecule has 1 aromatic rings. The summed E-state index contributed by atoms with van der Waals surface area (Å²) in [5.74, 6) is 0.454. The van der Waals surface area contributed by atoms with Crippen LogP contribution in [0.1, 0.15) is 19.1 Å². The third-order valence-corrected chi connectivity index (χ3v) is 2.79. The topological polar surface area (TPSA) is 59.3 Å². The molecule has 1 aliphatic heterocycles. The summed E-state index contributed by atoms with van der Waals surface area (Å²) >= 11 is 0. The monoisotopic (exact) mass is 207 g/mol. The van der Waals surface area contributed by atoms with Crippen LogP contribution in [-0.4, -0.2) is 11.8 Å². The Balaban J connectivity index is 1.99. The average Bonchev–Trinajstić information content (AvgIpc) is 2.75. The van der Waals surface area contributed by atoms with Crippen LogP contribution in [0.5, 0.6) is 0 Å². The van der Waals surface area contributed by atoms with Crippen molar-refractivity contribution < 1.29 is 14.0 Å². The van der Waals surface area contributed by atoms with Gasteiger partial charge in [0, 0.05) is 12.8 Å². The largest absolute Gasteiger partial charge is 0.469 e. The lowest BCUT2D eigenvalue weighted by molar-refractivity contribution is -0.126. The van der Waals surface area contributed by atoms with Gasteiger partial charge in [0.2, 0.25) is 11.8 Å². The lowest BCUT2D eigenvalue weighted by Crippen LogP contribution is -2.25. The second kappa shape index (κ2) is 3.88. The summed E-state index contributed by atoms with van der Waals surface area (Å²) in [6.07, 6.45) is 2.61. The zero-order chi connectivity index (χ0) is 10.8. The van der Waals surface area contributed by atoms with Crippen molar-refractivity contribution >= 4 is 11.8 Å². The summed E-state index contributed by atoms with van der Waals surface area (Å²) in [4.78, 5) is 22.4. The van der Waals surface area contributed by atoms with Gasteiger partial charge in [-0.1, -0.05) is 6.92 Å². The van der Waals surface area contributed by atoms with Crippen molar-refractivity contribution in [2.75, 3.05) is 0 Å². The first kappa shape index (κ1) is 9.96. The molecule has 0 aromatic carbocycles. The number of carbonyl (C=O) groups excluding carboxylic acids is 2. The average molecular weight is 207 g/mol. The minimum absolute atomic E-state index is 0.127. The quantitative estimate of drug-likeness (QED) is 0.755. The minimum Gasteiger partial charge on any atom is -0.469 e. The van der Waals surface area contributed by atoms with Gasteiger partial charge in [0.25, 0.3) is 0 Å². The van der Waals surface area contributed by atoms with E-state index < -0.39 is 0 Å². The highest BCUT2D eigenvalue weighted by molar-refractivity contribution is 6.03. The molecule has 1 aromatic heterocycles. The summed E-state index contributed by atoms with van der Waals surface area (Å²) in [5.41, 5.74) is 0. The fraction of sp³-hybridized carbons (Fsp3) is 0.455. The van der Waals surface area contributed by atoms with E-state index in [1.54, 1.807) is 6.26 Å². The molecule has 0 saturated carbocycles. The van der Waals surface area contributed by atoms with Gasteiger partial charge in [-0.15, -0.1) is 0 Å². The summed E-state index contributed by atoms with van der Waals surface area (Å²) in [7, 11) is 0. The Morgan fingerprint density at radius 1 is 1.60 bits per heavy atom. The first-order valence-corrected chi connectivity index (χ1v) is 5.03. The zero-order valence-electron chi connectivity index (χ0n) is 8.53. The number of imide groups is 1. The zero-order valence-corrected chi connectivity index (χ0v) is 8.53. The molecular weight excluding hydrogens is 194 g/mol. The molecule has 2 amide bonds. The number of rotatable bonds is 3. The van der Waals surface area contributed by atoms with E-state index in [9.17, 15) is 9.59 Å². The minimum atomic E-state index is -0.206. The van der Waals surface area contributed by atoms with Crippen LogP contribution >= 0.6 is 0 Å². The van der Waals surface area contributed by atoms with Gasteiger partial charge < -0.3 is 4.42 Å². The Kier molecular flexibility index (Phi) is 2.58. The lowest BCUT2D eigenvalue weighted by atomic mass is 9.89. The van der Waals surface area contributed by atoms with E-state index in [1.165, 1.54) is 0 Å². The number of hydrogen-bond acceptors (Lipinski definition) is 3. The van der Waals surface area contributed by atoms with E-state index in [0.717, 1.165) is 5.76 Å². The van der Waals surface area contributed by atoms with E-state index in [1.807, 2.05) is 19.1 Å². The van der Waals surface area contributed by atoms with Crippen LogP contribution in [0.2, 0.25) is 0 Å². The molecule has 1 aliphatic rings. The molecule has 0 spiro atoms. The van der Waals surface area contributed by atoms with Crippen molar-refractivity contribution in [3.63, 3.8) is 0 Å². The molecule has 2 rings (SSSR count). The maximum Gasteiger partial charge on any atom is 0.230 e. The third-order valence-electron chi connectivity index (χ3n) is 2.79. The van der Waals surface area contributed by atoms with Crippen LogP contribution in [0, 0.1) is 11.8 Å². The fourth-order valence-electron chi connectivity index (χ4n) is 1.92. The normalized spacial score (nSPS) is 22.9. The van der Waals surface area contributed by atoms with Crippen molar-refractivity contribution in [2.45, 2.75) is 19.8 Å². The molecule has 1 fully saturated rings. The van der Waals surface area contributed by atoms with Crippen molar-refractivity contribution in [3.8, 4) is 0 Å². The summed E-state index contributed by atoms with van der Waals surface area (Å²) < 4.78 is 5.21. The molecule has 1 N–H and O–H groups in total. The Labute approximate surface area is 87.6 Å². The van der Waals surface area contributed by atoms with Gasteiger partial charge in [0.1, 0.15) is 5.76 Å². The molecule has 0 bridgehead atoms. The van der Waals surface area contributed by atoms with Gasteiger partial charge in [-0.2, -0.15) is 0 Å². The molecule has 2 heterocycles. The lowest BCUT2D eigenvalue weighted by Gasteiger charge is -2.13. The summed E-state index contributed by atoms with van der Waals surface area (Å²) in [6, 6.07) is 3.70. The van der Waals surface area contributed by atoms with Crippen LogP contribution < -0.4 is 5.32 Å². The third kappa shape index (κ3) is 2.09. The van der Waals surface area contributed by atoms with E-state index >= 15 is 0 Å². The first-order chi connectivity index (χ1) is 7.16. The van der Waals surface area contributed by atoms with Gasteiger partial charge in [0.15, 0.2) is 0 Å². The molecule has 80 valence electrons. The SMILES string of the molecule is CC(Cc1ccco1)C1CC(=O)NC1=O. The standard InChI is InChI=1S/C11H13NO3/c1-7(5-8-3-2-4-15-8)9-6-10(13)12-11(9)14/h2-4,7,9H,5-6H2,1H3,(H,12,13,14). The van der Waals surface area contributed by atoms with E-state index in [0.29, 0.717) is 12.8 Å². The Bertz CT molecular complexity index is 369. The number of hydrogen-bond donors (Lipinski definition) is 1. The maximum atomic E-state index is 11.4. The van der Waals surface area contributed by atoms with Crippen molar-refractivity contribution in [1.29, 1.82) is 0 Å². The van der Waals surface area contributed by atoms with Gasteiger partial charge >= 0.3 is 0 Å². The van der Waals surface area contributed by atoms with Crippen LogP contribution in [0.4, 0.5) is 0 Å². The molecule has 0 radical (unpaired) electrons. The molecule has 2 unspecified atom stereocenters. The highest BCUT2D eigenvalue weighted by Gasteiger charge is 2.34. The number of carbonyl (C=O) groups is 2. The summed E-state index contributed by atoms with van der Waals surface area (Å²) in [6.45, 7) is 1.96. The predicted molar refractivity (Wildman–Crippen MR) is 52.8 cm³/mol. The number of nitrogens with one attached hydrogen (secondary N) is 1. The van der Waals surface area contributed by atoms with Gasteiger partial charge in [-0.3, -0.25) is 14.9 Å². The highest BCUT2D eigenvalue weighted by Crippen LogP contribution is 2.24. The number of amides is 2. The van der Waals surface area contributed by atoms with E-state index in [2.05, 4.69) is 5.32 Å². The highest BCUT2D eigenvalue weighted by atomic mass is 16.3. The second-order valence-electron chi connectivity index (χ2n) is 3.98. The van der Waals surface area contributed by atoms with Crippen LogP contribution in [0.25, 0.3) is 0 Å². The van der Waals surface area contributed by atoms with Crippen LogP contribution in [-0.2, 0) is 16.0 Å². The number of furan rings is 1. The predicted octanol–water partition coefficient (Wildman–Crippen LogP) is 1.12. The van der Waals surface area contributed by atoms with Crippen LogP contribution in [0.3, 0.4) is 0 Å². The van der Waals surface area contributed by atoms with Gasteiger partial charge in [-0.25, -0.2) is 0 Å². The molecule has 4 nitrogen and oxygen atoms in total. The van der Waals surface area contributed by atoms with Crippen molar-refractivity contribution in [2.24, 2.45) is 11.8 Å². The van der Waals surface area contributed by atoms with E-state index in [-0.39, 0.29) is 23.7 Å². The van der Waals surface area contributed by atoms with Crippen LogP contribution in [0.15, 0.2) is 22.8 Å². The fourth-order valence-corrected chi connectivity index (χ4v) is 1.92. The molecule has 15 heavy (non-hydrogen) atoms. The maximum absolute atomic E-state index is 11.4. The Morgan fingerprint density at radius 3 is 2.93 bits per heavy atom. The molecule has 4 heteroatoms. The molecule has 1 saturated heterocycles. The smallest absolute Gasteiger partial charge is 0.230 e. The van der Waals surface area contributed by atoms with Gasteiger partial charge in [0.05, 0.1) is 12.2 Å². The second-order valence-corrected chi connectivity index (χ2v) is 3.98. The first-order valence-electron chi connectivity index (χ1n) is 5.03. The molecular formula is C11H13NO3.